The van der Waals surface area contributed by atoms with E-state index in [1.165, 1.54) is 13.1 Å². The van der Waals surface area contributed by atoms with Crippen LogP contribution < -0.4 is 20.1 Å². The van der Waals surface area contributed by atoms with Gasteiger partial charge in [0.2, 0.25) is 12.7 Å². The number of nitrogens with zero attached hydrogens (tertiary/aromatic N) is 2. The molecule has 152 valence electrons. The van der Waals surface area contributed by atoms with Crippen LogP contribution in [0.2, 0.25) is 0 Å². The number of aromatic nitrogens is 2. The van der Waals surface area contributed by atoms with Gasteiger partial charge in [-0.25, -0.2) is 9.97 Å². The van der Waals surface area contributed by atoms with Gasteiger partial charge in [0.15, 0.2) is 17.3 Å². The molecule has 30 heavy (non-hydrogen) atoms. The minimum absolute atomic E-state index is 0.0269. The first kappa shape index (κ1) is 19.4. The summed E-state index contributed by atoms with van der Waals surface area (Å²) in [6.45, 7) is 3.99. The molecular formula is C22H20N4O4. The molecule has 0 atom stereocenters. The van der Waals surface area contributed by atoms with E-state index >= 15 is 0 Å². The SMILES string of the molecule is CC(=O)c1ccc(NC(=O)c2cnc(NCc3ccc4c(c3)OCO4)nc2C)cc1. The van der Waals surface area contributed by atoms with Crippen LogP contribution in [0, 0.1) is 6.92 Å². The molecule has 0 saturated carbocycles. The molecule has 2 N–H and O–H groups in total. The number of carbonyl (C=O) groups excluding carboxylic acids is 2. The first-order valence-electron chi connectivity index (χ1n) is 9.38. The Morgan fingerprint density at radius 1 is 1.07 bits per heavy atom. The highest BCUT2D eigenvalue weighted by molar-refractivity contribution is 6.05. The fraction of sp³-hybridized carbons (Fsp3) is 0.182. The molecule has 1 aromatic heterocycles. The van der Waals surface area contributed by atoms with Crippen LogP contribution in [0.1, 0.15) is 38.9 Å². The van der Waals surface area contributed by atoms with E-state index in [9.17, 15) is 9.59 Å². The molecule has 0 bridgehead atoms. The van der Waals surface area contributed by atoms with E-state index < -0.39 is 0 Å². The first-order valence-corrected chi connectivity index (χ1v) is 9.38. The van der Waals surface area contributed by atoms with E-state index in [0.29, 0.717) is 35.0 Å². The molecule has 1 aliphatic rings. The van der Waals surface area contributed by atoms with E-state index in [1.807, 2.05) is 18.2 Å². The normalized spacial score (nSPS) is 11.8. The van der Waals surface area contributed by atoms with Crippen molar-refractivity contribution in [2.45, 2.75) is 20.4 Å². The Morgan fingerprint density at radius 2 is 1.83 bits per heavy atom. The van der Waals surface area contributed by atoms with Gasteiger partial charge >= 0.3 is 0 Å². The van der Waals surface area contributed by atoms with Crippen LogP contribution in [0.4, 0.5) is 11.6 Å². The zero-order valence-electron chi connectivity index (χ0n) is 16.6. The Labute approximate surface area is 173 Å². The van der Waals surface area contributed by atoms with Gasteiger partial charge in [0, 0.05) is 24.0 Å². The molecular weight excluding hydrogens is 384 g/mol. The van der Waals surface area contributed by atoms with Gasteiger partial charge in [-0.05, 0) is 55.8 Å². The van der Waals surface area contributed by atoms with Crippen molar-refractivity contribution in [2.75, 3.05) is 17.4 Å². The summed E-state index contributed by atoms with van der Waals surface area (Å²) >= 11 is 0. The fourth-order valence-corrected chi connectivity index (χ4v) is 2.99. The second-order valence-corrected chi connectivity index (χ2v) is 6.82. The number of aryl methyl sites for hydroxylation is 1. The van der Waals surface area contributed by atoms with Crippen molar-refractivity contribution in [2.24, 2.45) is 0 Å². The van der Waals surface area contributed by atoms with E-state index in [0.717, 1.165) is 17.1 Å². The zero-order chi connectivity index (χ0) is 21.1. The molecule has 3 aromatic rings. The van der Waals surface area contributed by atoms with Gasteiger partial charge in [0.05, 0.1) is 11.3 Å². The molecule has 8 nitrogen and oxygen atoms in total. The van der Waals surface area contributed by atoms with Crippen molar-refractivity contribution >= 4 is 23.3 Å². The molecule has 0 aliphatic carbocycles. The van der Waals surface area contributed by atoms with Gasteiger partial charge in [0.1, 0.15) is 0 Å². The van der Waals surface area contributed by atoms with Crippen LogP contribution in [-0.4, -0.2) is 28.5 Å². The number of rotatable bonds is 6. The summed E-state index contributed by atoms with van der Waals surface area (Å²) in [6, 6.07) is 12.4. The number of fused-ring (bicyclic) bond motifs is 1. The van der Waals surface area contributed by atoms with Crippen LogP contribution in [0.3, 0.4) is 0 Å². The van der Waals surface area contributed by atoms with E-state index in [4.69, 9.17) is 9.47 Å². The van der Waals surface area contributed by atoms with Gasteiger partial charge in [-0.15, -0.1) is 0 Å². The molecule has 2 aromatic carbocycles. The number of anilines is 2. The number of ketones is 1. The second kappa shape index (κ2) is 8.20. The van der Waals surface area contributed by atoms with Crippen LogP contribution >= 0.6 is 0 Å². The lowest BCUT2D eigenvalue weighted by Gasteiger charge is -2.10. The van der Waals surface area contributed by atoms with Crippen LogP contribution in [-0.2, 0) is 6.54 Å². The van der Waals surface area contributed by atoms with E-state index in [1.54, 1.807) is 31.2 Å². The van der Waals surface area contributed by atoms with E-state index in [2.05, 4.69) is 20.6 Å². The molecule has 1 aliphatic heterocycles. The van der Waals surface area contributed by atoms with Gasteiger partial charge in [-0.2, -0.15) is 0 Å². The number of ether oxygens (including phenoxy) is 2. The average molecular weight is 404 g/mol. The predicted molar refractivity (Wildman–Crippen MR) is 111 cm³/mol. The van der Waals surface area contributed by atoms with E-state index in [-0.39, 0.29) is 18.5 Å². The Morgan fingerprint density at radius 3 is 2.57 bits per heavy atom. The van der Waals surface area contributed by atoms with Crippen molar-refractivity contribution in [1.82, 2.24) is 9.97 Å². The Balaban J connectivity index is 1.39. The highest BCUT2D eigenvalue weighted by Crippen LogP contribution is 2.32. The molecule has 2 heterocycles. The summed E-state index contributed by atoms with van der Waals surface area (Å²) in [4.78, 5) is 32.5. The average Bonchev–Trinajstić information content (AvgIpc) is 3.20. The quantitative estimate of drug-likeness (QED) is 0.605. The third-order valence-electron chi connectivity index (χ3n) is 4.66. The lowest BCUT2D eigenvalue weighted by atomic mass is 10.1. The van der Waals surface area contributed by atoms with Gasteiger partial charge in [0.25, 0.3) is 5.91 Å². The second-order valence-electron chi connectivity index (χ2n) is 6.82. The minimum atomic E-state index is -0.314. The molecule has 1 amide bonds. The first-order chi connectivity index (χ1) is 14.5. The monoisotopic (exact) mass is 404 g/mol. The van der Waals surface area contributed by atoms with Crippen molar-refractivity contribution in [3.05, 3.63) is 71.0 Å². The topological polar surface area (TPSA) is 102 Å². The summed E-state index contributed by atoms with van der Waals surface area (Å²) < 4.78 is 10.7. The molecule has 0 spiro atoms. The minimum Gasteiger partial charge on any atom is -0.454 e. The maximum atomic E-state index is 12.5. The maximum Gasteiger partial charge on any atom is 0.259 e. The standard InChI is InChI=1S/C22H20N4O4/c1-13-18(21(28)26-17-6-4-16(5-7-17)14(2)27)11-24-22(25-13)23-10-15-3-8-19-20(9-15)30-12-29-19/h3-9,11H,10,12H2,1-2H3,(H,26,28)(H,23,24,25). The van der Waals surface area contributed by atoms with Crippen molar-refractivity contribution in [1.29, 1.82) is 0 Å². The van der Waals surface area contributed by atoms with Crippen molar-refractivity contribution in [3.8, 4) is 11.5 Å². The lowest BCUT2D eigenvalue weighted by molar-refractivity contribution is 0.101. The number of amides is 1. The molecule has 0 radical (unpaired) electrons. The summed E-state index contributed by atoms with van der Waals surface area (Å²) in [5.74, 6) is 1.53. The van der Waals surface area contributed by atoms with Crippen molar-refractivity contribution in [3.63, 3.8) is 0 Å². The Kier molecular flexibility index (Phi) is 5.30. The van der Waals surface area contributed by atoms with Crippen LogP contribution in [0.25, 0.3) is 0 Å². The number of benzene rings is 2. The summed E-state index contributed by atoms with van der Waals surface area (Å²) in [5.41, 5.74) is 3.10. The Hall–Kier alpha value is -3.94. The number of hydrogen-bond donors (Lipinski definition) is 2. The maximum absolute atomic E-state index is 12.5. The molecule has 0 saturated heterocycles. The highest BCUT2D eigenvalue weighted by Gasteiger charge is 2.14. The predicted octanol–water partition coefficient (Wildman–Crippen LogP) is 3.58. The van der Waals surface area contributed by atoms with Crippen LogP contribution in [0.5, 0.6) is 11.5 Å². The zero-order valence-corrected chi connectivity index (χ0v) is 16.6. The molecule has 0 unspecified atom stereocenters. The summed E-state index contributed by atoms with van der Waals surface area (Å²) in [5, 5.41) is 5.93. The smallest absolute Gasteiger partial charge is 0.259 e. The molecule has 0 fully saturated rings. The molecule has 8 heteroatoms. The third kappa shape index (κ3) is 4.22. The Bertz CT molecular complexity index is 1110. The van der Waals surface area contributed by atoms with Gasteiger partial charge < -0.3 is 20.1 Å². The van der Waals surface area contributed by atoms with Gasteiger partial charge in [-0.3, -0.25) is 9.59 Å². The fourth-order valence-electron chi connectivity index (χ4n) is 2.99. The summed E-state index contributed by atoms with van der Waals surface area (Å²) in [7, 11) is 0. The number of nitrogens with one attached hydrogen (secondary N) is 2. The third-order valence-corrected chi connectivity index (χ3v) is 4.66. The lowest BCUT2D eigenvalue weighted by Crippen LogP contribution is -2.16. The molecule has 4 rings (SSSR count). The van der Waals surface area contributed by atoms with Crippen LogP contribution in [0.15, 0.2) is 48.7 Å². The highest BCUT2D eigenvalue weighted by atomic mass is 16.7. The number of carbonyl (C=O) groups is 2. The summed E-state index contributed by atoms with van der Waals surface area (Å²) in [6.07, 6.45) is 1.49. The largest absolute Gasteiger partial charge is 0.454 e. The van der Waals surface area contributed by atoms with Gasteiger partial charge in [-0.1, -0.05) is 6.07 Å². The number of Topliss-reactive ketones (excluding diaryl/α,β-unsaturated/α-hetero) is 1. The number of hydrogen-bond acceptors (Lipinski definition) is 7. The van der Waals surface area contributed by atoms with Crippen molar-refractivity contribution < 1.29 is 19.1 Å².